The van der Waals surface area contributed by atoms with Crippen LogP contribution in [0.5, 0.6) is 5.75 Å². The van der Waals surface area contributed by atoms with Gasteiger partial charge in [0.1, 0.15) is 5.75 Å². The molecule has 20 heavy (non-hydrogen) atoms. The molecular formula is C14H17F2NO3. The number of hydrogen-bond acceptors (Lipinski definition) is 3. The van der Waals surface area contributed by atoms with Crippen LogP contribution < -0.4 is 10.1 Å². The van der Waals surface area contributed by atoms with Crippen LogP contribution in [0.4, 0.5) is 8.78 Å². The summed E-state index contributed by atoms with van der Waals surface area (Å²) in [4.78, 5) is 11.9. The van der Waals surface area contributed by atoms with Crippen molar-refractivity contribution >= 4 is 5.91 Å². The second kappa shape index (κ2) is 6.65. The third-order valence-corrected chi connectivity index (χ3v) is 3.46. The number of aliphatic hydroxyl groups is 1. The van der Waals surface area contributed by atoms with Gasteiger partial charge in [-0.3, -0.25) is 4.79 Å². The molecule has 0 bridgehead atoms. The van der Waals surface area contributed by atoms with Gasteiger partial charge in [0.05, 0.1) is 12.0 Å². The van der Waals surface area contributed by atoms with Crippen molar-refractivity contribution < 1.29 is 23.4 Å². The van der Waals surface area contributed by atoms with Gasteiger partial charge in [-0.05, 0) is 25.3 Å². The molecule has 0 aromatic heterocycles. The summed E-state index contributed by atoms with van der Waals surface area (Å²) < 4.78 is 28.9. The molecule has 2 unspecified atom stereocenters. The van der Waals surface area contributed by atoms with E-state index in [-0.39, 0.29) is 18.2 Å². The van der Waals surface area contributed by atoms with Crippen LogP contribution in [-0.4, -0.2) is 23.7 Å². The largest absolute Gasteiger partial charge is 0.434 e. The Morgan fingerprint density at radius 1 is 1.40 bits per heavy atom. The lowest BCUT2D eigenvalue weighted by atomic mass is 10.1. The Morgan fingerprint density at radius 2 is 2.15 bits per heavy atom. The summed E-state index contributed by atoms with van der Waals surface area (Å²) in [6.45, 7) is -2.80. The Kier molecular flexibility index (Phi) is 4.89. The lowest BCUT2D eigenvalue weighted by molar-refractivity contribution is -0.127. The fraction of sp³-hybridized carbons (Fsp3) is 0.500. The number of halogens is 2. The summed E-state index contributed by atoms with van der Waals surface area (Å²) >= 11 is 0. The molecule has 1 aliphatic rings. The van der Waals surface area contributed by atoms with Crippen molar-refractivity contribution in [2.75, 3.05) is 0 Å². The molecule has 1 aromatic carbocycles. The first-order valence-electron chi connectivity index (χ1n) is 6.56. The molecule has 6 heteroatoms. The first-order chi connectivity index (χ1) is 9.58. The normalized spacial score (nSPS) is 22.0. The molecule has 0 saturated heterocycles. The lowest BCUT2D eigenvalue weighted by Gasteiger charge is -2.15. The average Bonchev–Trinajstić information content (AvgIpc) is 2.83. The van der Waals surface area contributed by atoms with E-state index in [9.17, 15) is 18.7 Å². The molecule has 2 rings (SSSR count). The highest BCUT2D eigenvalue weighted by Crippen LogP contribution is 2.26. The number of hydrogen-bond donors (Lipinski definition) is 2. The van der Waals surface area contributed by atoms with Crippen LogP contribution >= 0.6 is 0 Å². The van der Waals surface area contributed by atoms with Gasteiger partial charge in [0.2, 0.25) is 5.91 Å². The number of para-hydroxylation sites is 1. The van der Waals surface area contributed by atoms with Crippen LogP contribution in [0.2, 0.25) is 0 Å². The van der Waals surface area contributed by atoms with E-state index in [4.69, 9.17) is 0 Å². The van der Waals surface area contributed by atoms with Gasteiger partial charge in [-0.25, -0.2) is 0 Å². The van der Waals surface area contributed by atoms with E-state index >= 15 is 0 Å². The zero-order chi connectivity index (χ0) is 14.5. The molecule has 1 fully saturated rings. The topological polar surface area (TPSA) is 58.6 Å². The van der Waals surface area contributed by atoms with Gasteiger partial charge in [-0.1, -0.05) is 18.2 Å². The van der Waals surface area contributed by atoms with Gasteiger partial charge in [0, 0.05) is 12.1 Å². The Balaban J connectivity index is 1.95. The van der Waals surface area contributed by atoms with Crippen molar-refractivity contribution in [3.05, 3.63) is 29.8 Å². The maximum absolute atomic E-state index is 12.3. The molecule has 1 amide bonds. The Morgan fingerprint density at radius 3 is 2.80 bits per heavy atom. The summed E-state index contributed by atoms with van der Waals surface area (Å²) in [5.41, 5.74) is 0.480. The molecule has 0 radical (unpaired) electrons. The summed E-state index contributed by atoms with van der Waals surface area (Å²) in [6, 6.07) is 6.31. The standard InChI is InChI=1S/C14H17F2NO3/c15-14(16)20-12-7-2-1-4-9(12)8-17-13(19)10-5-3-6-11(10)18/h1-2,4,7,10-11,14,18H,3,5-6,8H2,(H,17,19). The van der Waals surface area contributed by atoms with Crippen LogP contribution in [-0.2, 0) is 11.3 Å². The SMILES string of the molecule is O=C(NCc1ccccc1OC(F)F)C1CCCC1O. The minimum absolute atomic E-state index is 0.0507. The lowest BCUT2D eigenvalue weighted by Crippen LogP contribution is -2.34. The summed E-state index contributed by atoms with van der Waals surface area (Å²) in [7, 11) is 0. The predicted octanol–water partition coefficient (Wildman–Crippen LogP) is 2.07. The summed E-state index contributed by atoms with van der Waals surface area (Å²) in [5.74, 6) is -0.602. The quantitative estimate of drug-likeness (QED) is 0.870. The predicted molar refractivity (Wildman–Crippen MR) is 68.3 cm³/mol. The molecular weight excluding hydrogens is 268 g/mol. The van der Waals surface area contributed by atoms with E-state index in [1.165, 1.54) is 6.07 Å². The van der Waals surface area contributed by atoms with E-state index in [2.05, 4.69) is 10.1 Å². The third-order valence-electron chi connectivity index (χ3n) is 3.46. The molecule has 1 saturated carbocycles. The highest BCUT2D eigenvalue weighted by Gasteiger charge is 2.31. The van der Waals surface area contributed by atoms with Crippen molar-refractivity contribution in [2.24, 2.45) is 5.92 Å². The van der Waals surface area contributed by atoms with Crippen LogP contribution in [0.15, 0.2) is 24.3 Å². The molecule has 110 valence electrons. The average molecular weight is 285 g/mol. The van der Waals surface area contributed by atoms with Gasteiger partial charge >= 0.3 is 6.61 Å². The number of aliphatic hydroxyl groups excluding tert-OH is 1. The van der Waals surface area contributed by atoms with Gasteiger partial charge < -0.3 is 15.2 Å². The van der Waals surface area contributed by atoms with E-state index in [1.807, 2.05) is 0 Å². The van der Waals surface area contributed by atoms with Gasteiger partial charge in [0.25, 0.3) is 0 Å². The first-order valence-corrected chi connectivity index (χ1v) is 6.56. The van der Waals surface area contributed by atoms with Crippen molar-refractivity contribution in [1.82, 2.24) is 5.32 Å². The van der Waals surface area contributed by atoms with Crippen molar-refractivity contribution in [3.63, 3.8) is 0 Å². The number of amides is 1. The Hall–Kier alpha value is -1.69. The highest BCUT2D eigenvalue weighted by molar-refractivity contribution is 5.79. The zero-order valence-corrected chi connectivity index (χ0v) is 10.9. The molecule has 2 N–H and O–H groups in total. The zero-order valence-electron chi connectivity index (χ0n) is 10.9. The van der Waals surface area contributed by atoms with Crippen molar-refractivity contribution in [3.8, 4) is 5.75 Å². The number of carbonyl (C=O) groups excluding carboxylic acids is 1. The minimum atomic E-state index is -2.90. The summed E-state index contributed by atoms with van der Waals surface area (Å²) in [5, 5.41) is 12.3. The number of carbonyl (C=O) groups is 1. The third kappa shape index (κ3) is 3.66. The van der Waals surface area contributed by atoms with E-state index < -0.39 is 18.6 Å². The van der Waals surface area contributed by atoms with Crippen LogP contribution in [0, 0.1) is 5.92 Å². The fourth-order valence-corrected chi connectivity index (χ4v) is 2.42. The number of rotatable bonds is 5. The maximum Gasteiger partial charge on any atom is 0.387 e. The number of benzene rings is 1. The molecule has 0 heterocycles. The second-order valence-corrected chi connectivity index (χ2v) is 4.81. The van der Waals surface area contributed by atoms with E-state index in [1.54, 1.807) is 18.2 Å². The van der Waals surface area contributed by atoms with Crippen LogP contribution in [0.25, 0.3) is 0 Å². The second-order valence-electron chi connectivity index (χ2n) is 4.81. The minimum Gasteiger partial charge on any atom is -0.434 e. The smallest absolute Gasteiger partial charge is 0.387 e. The number of nitrogens with one attached hydrogen (secondary N) is 1. The van der Waals surface area contributed by atoms with Crippen molar-refractivity contribution in [2.45, 2.75) is 38.5 Å². The van der Waals surface area contributed by atoms with Gasteiger partial charge in [-0.2, -0.15) is 8.78 Å². The molecule has 2 atom stereocenters. The Labute approximate surface area is 115 Å². The molecule has 1 aromatic rings. The number of alkyl halides is 2. The molecule has 4 nitrogen and oxygen atoms in total. The highest BCUT2D eigenvalue weighted by atomic mass is 19.3. The molecule has 0 spiro atoms. The van der Waals surface area contributed by atoms with Crippen LogP contribution in [0.1, 0.15) is 24.8 Å². The molecule has 0 aliphatic heterocycles. The maximum atomic E-state index is 12.3. The van der Waals surface area contributed by atoms with Crippen LogP contribution in [0.3, 0.4) is 0 Å². The van der Waals surface area contributed by atoms with Gasteiger partial charge in [0.15, 0.2) is 0 Å². The molecule has 1 aliphatic carbocycles. The first kappa shape index (κ1) is 14.7. The van der Waals surface area contributed by atoms with Crippen molar-refractivity contribution in [1.29, 1.82) is 0 Å². The number of ether oxygens (including phenoxy) is 1. The van der Waals surface area contributed by atoms with E-state index in [0.717, 1.165) is 6.42 Å². The Bertz CT molecular complexity index is 467. The fourth-order valence-electron chi connectivity index (χ4n) is 2.42. The van der Waals surface area contributed by atoms with Gasteiger partial charge in [-0.15, -0.1) is 0 Å². The monoisotopic (exact) mass is 285 g/mol. The van der Waals surface area contributed by atoms with E-state index in [0.29, 0.717) is 18.4 Å². The summed E-state index contributed by atoms with van der Waals surface area (Å²) in [6.07, 6.45) is 1.50.